The van der Waals surface area contributed by atoms with Gasteiger partial charge in [-0.1, -0.05) is 0 Å². The summed E-state index contributed by atoms with van der Waals surface area (Å²) >= 11 is 0. The Kier molecular flexibility index (Phi) is 6.65. The van der Waals surface area contributed by atoms with E-state index in [2.05, 4.69) is 34.8 Å². The average molecular weight is 490 g/mol. The molecule has 0 aliphatic carbocycles. The molecule has 1 aromatic carbocycles. The Balaban J connectivity index is 1.89. The molecule has 1 N–H and O–H groups in total. The van der Waals surface area contributed by atoms with Crippen molar-refractivity contribution in [3.8, 4) is 17.3 Å². The van der Waals surface area contributed by atoms with Crippen molar-refractivity contribution >= 4 is 5.91 Å². The van der Waals surface area contributed by atoms with Crippen LogP contribution in [0.2, 0.25) is 0 Å². The van der Waals surface area contributed by atoms with Crippen LogP contribution in [0.25, 0.3) is 5.82 Å². The van der Waals surface area contributed by atoms with Crippen molar-refractivity contribution in [2.75, 3.05) is 0 Å². The van der Waals surface area contributed by atoms with E-state index in [9.17, 15) is 31.1 Å². The highest BCUT2D eigenvalue weighted by Gasteiger charge is 2.34. The van der Waals surface area contributed by atoms with Crippen LogP contribution in [0.3, 0.4) is 0 Å². The molecule has 3 rings (SSSR count). The first kappa shape index (κ1) is 24.7. The van der Waals surface area contributed by atoms with Gasteiger partial charge in [0.05, 0.1) is 24.1 Å². The third kappa shape index (κ3) is 6.55. The Morgan fingerprint density at radius 1 is 0.971 bits per heavy atom. The second-order valence-electron chi connectivity index (χ2n) is 6.93. The normalized spacial score (nSPS) is 12.9. The summed E-state index contributed by atoms with van der Waals surface area (Å²) in [5.74, 6) is -2.36. The fraction of sp³-hybridized carbons (Fsp3) is 0.316. The number of carbonyl (C=O) groups is 1. The molecule has 0 aliphatic heterocycles. The predicted molar refractivity (Wildman–Crippen MR) is 102 cm³/mol. The van der Waals surface area contributed by atoms with Crippen LogP contribution in [0.5, 0.6) is 11.5 Å². The van der Waals surface area contributed by atoms with E-state index in [4.69, 9.17) is 0 Å². The van der Waals surface area contributed by atoms with Gasteiger partial charge in [-0.25, -0.2) is 9.97 Å². The van der Waals surface area contributed by atoms with Crippen molar-refractivity contribution < 1.29 is 40.6 Å². The smallest absolute Gasteiger partial charge is 0.406 e. The van der Waals surface area contributed by atoms with Gasteiger partial charge >= 0.3 is 12.7 Å². The SMILES string of the molecule is Cc1cnc(-n2nc(C)nc2[C@H](C)NC(=O)c2cc(OC(F)(F)F)cc(OC(F)(F)F)c2)cn1. The molecule has 0 unspecified atom stereocenters. The number of amides is 1. The van der Waals surface area contributed by atoms with Crippen LogP contribution in [0.4, 0.5) is 26.3 Å². The van der Waals surface area contributed by atoms with E-state index in [-0.39, 0.29) is 11.6 Å². The number of nitrogens with zero attached hydrogens (tertiary/aromatic N) is 5. The van der Waals surface area contributed by atoms with Gasteiger partial charge < -0.3 is 14.8 Å². The lowest BCUT2D eigenvalue weighted by molar-refractivity contribution is -0.276. The van der Waals surface area contributed by atoms with E-state index in [1.54, 1.807) is 13.8 Å². The summed E-state index contributed by atoms with van der Waals surface area (Å²) in [6.45, 7) is 4.79. The Labute approximate surface area is 187 Å². The van der Waals surface area contributed by atoms with E-state index < -0.39 is 41.7 Å². The molecule has 9 nitrogen and oxygen atoms in total. The van der Waals surface area contributed by atoms with E-state index in [1.165, 1.54) is 24.0 Å². The van der Waals surface area contributed by atoms with Crippen LogP contribution in [0, 0.1) is 13.8 Å². The largest absolute Gasteiger partial charge is 0.573 e. The van der Waals surface area contributed by atoms with Gasteiger partial charge in [-0.05, 0) is 32.9 Å². The minimum atomic E-state index is -5.21. The quantitative estimate of drug-likeness (QED) is 0.522. The van der Waals surface area contributed by atoms with Gasteiger partial charge in [0.2, 0.25) is 0 Å². The Bertz CT molecular complexity index is 1140. The first-order valence-electron chi connectivity index (χ1n) is 9.40. The highest BCUT2D eigenvalue weighted by atomic mass is 19.4. The van der Waals surface area contributed by atoms with Gasteiger partial charge in [-0.3, -0.25) is 9.78 Å². The van der Waals surface area contributed by atoms with Crippen molar-refractivity contribution in [2.45, 2.75) is 39.5 Å². The minimum absolute atomic E-state index is 0.193. The molecule has 0 spiro atoms. The third-order valence-corrected chi connectivity index (χ3v) is 4.07. The van der Waals surface area contributed by atoms with Gasteiger partial charge in [0, 0.05) is 11.6 Å². The molecule has 1 atom stereocenters. The molecular formula is C19H16F6N6O3. The van der Waals surface area contributed by atoms with Crippen molar-refractivity contribution in [2.24, 2.45) is 0 Å². The van der Waals surface area contributed by atoms with Crippen molar-refractivity contribution in [3.63, 3.8) is 0 Å². The lowest BCUT2D eigenvalue weighted by Crippen LogP contribution is -2.29. The van der Waals surface area contributed by atoms with Crippen molar-refractivity contribution in [1.82, 2.24) is 30.0 Å². The van der Waals surface area contributed by atoms with E-state index in [0.29, 0.717) is 29.7 Å². The number of rotatable bonds is 6. The lowest BCUT2D eigenvalue weighted by atomic mass is 10.1. The second kappa shape index (κ2) is 9.15. The van der Waals surface area contributed by atoms with Crippen LogP contribution in [0.15, 0.2) is 30.6 Å². The second-order valence-corrected chi connectivity index (χ2v) is 6.93. The molecule has 0 saturated carbocycles. The molecule has 0 aliphatic rings. The number of hydrogen-bond donors (Lipinski definition) is 1. The molecule has 0 saturated heterocycles. The molecule has 15 heteroatoms. The van der Waals surface area contributed by atoms with Crippen LogP contribution < -0.4 is 14.8 Å². The summed E-state index contributed by atoms with van der Waals surface area (Å²) in [6, 6.07) is 0.716. The first-order valence-corrected chi connectivity index (χ1v) is 9.40. The summed E-state index contributed by atoms with van der Waals surface area (Å²) in [5, 5.41) is 6.63. The van der Waals surface area contributed by atoms with Crippen molar-refractivity contribution in [1.29, 1.82) is 0 Å². The maximum absolute atomic E-state index is 12.7. The van der Waals surface area contributed by atoms with E-state index in [0.717, 1.165) is 0 Å². The number of benzene rings is 1. The summed E-state index contributed by atoms with van der Waals surface area (Å²) in [5.41, 5.74) is 0.0621. The predicted octanol–water partition coefficient (Wildman–Crippen LogP) is 3.96. The topological polar surface area (TPSA) is 104 Å². The Hall–Kier alpha value is -3.91. The summed E-state index contributed by atoms with van der Waals surface area (Å²) in [4.78, 5) is 25.2. The molecule has 2 aromatic heterocycles. The number of halogens is 6. The van der Waals surface area contributed by atoms with Crippen LogP contribution in [-0.4, -0.2) is 43.4 Å². The number of alkyl halides is 6. The number of aromatic nitrogens is 5. The zero-order valence-electron chi connectivity index (χ0n) is 17.7. The van der Waals surface area contributed by atoms with Crippen LogP contribution in [0.1, 0.15) is 40.7 Å². The molecule has 0 bridgehead atoms. The van der Waals surface area contributed by atoms with Crippen LogP contribution in [-0.2, 0) is 0 Å². The molecule has 34 heavy (non-hydrogen) atoms. The average Bonchev–Trinajstić information content (AvgIpc) is 3.07. The molecule has 3 aromatic rings. The van der Waals surface area contributed by atoms with Gasteiger partial charge in [-0.2, -0.15) is 4.68 Å². The van der Waals surface area contributed by atoms with Gasteiger partial charge in [0.25, 0.3) is 5.91 Å². The zero-order chi connectivity index (χ0) is 25.3. The summed E-state index contributed by atoms with van der Waals surface area (Å²) in [7, 11) is 0. The fourth-order valence-electron chi connectivity index (χ4n) is 2.81. The highest BCUT2D eigenvalue weighted by molar-refractivity contribution is 5.95. The summed E-state index contributed by atoms with van der Waals surface area (Å²) in [6.07, 6.45) is -7.52. The monoisotopic (exact) mass is 490 g/mol. The highest BCUT2D eigenvalue weighted by Crippen LogP contribution is 2.31. The van der Waals surface area contributed by atoms with Crippen molar-refractivity contribution in [3.05, 3.63) is 53.5 Å². The standard InChI is InChI=1S/C19H16F6N6O3/c1-9-7-27-15(8-26-9)31-16(29-11(3)30-31)10(2)28-17(32)12-4-13(33-18(20,21)22)6-14(5-12)34-19(23,24)25/h4-8,10H,1-3H3,(H,28,32)/t10-/m0/s1. The molecule has 2 heterocycles. The molecular weight excluding hydrogens is 474 g/mol. The van der Waals surface area contributed by atoms with Gasteiger partial charge in [0.1, 0.15) is 17.3 Å². The molecule has 0 fully saturated rings. The Morgan fingerprint density at radius 3 is 2.06 bits per heavy atom. The number of nitrogens with one attached hydrogen (secondary N) is 1. The van der Waals surface area contributed by atoms with Crippen LogP contribution >= 0.6 is 0 Å². The molecule has 0 radical (unpaired) electrons. The number of ether oxygens (including phenoxy) is 2. The third-order valence-electron chi connectivity index (χ3n) is 4.07. The van der Waals surface area contributed by atoms with Gasteiger partial charge in [-0.15, -0.1) is 31.4 Å². The first-order chi connectivity index (χ1) is 15.7. The van der Waals surface area contributed by atoms with Gasteiger partial charge in [0.15, 0.2) is 11.6 Å². The minimum Gasteiger partial charge on any atom is -0.406 e. The number of carbonyl (C=O) groups excluding carboxylic acids is 1. The fourth-order valence-corrected chi connectivity index (χ4v) is 2.81. The molecule has 182 valence electrons. The lowest BCUT2D eigenvalue weighted by Gasteiger charge is -2.16. The van der Waals surface area contributed by atoms with E-state index >= 15 is 0 Å². The van der Waals surface area contributed by atoms with E-state index in [1.807, 2.05) is 0 Å². The maximum Gasteiger partial charge on any atom is 0.573 e. The zero-order valence-corrected chi connectivity index (χ0v) is 17.7. The maximum atomic E-state index is 12.7. The number of aryl methyl sites for hydroxylation is 2. The summed E-state index contributed by atoms with van der Waals surface area (Å²) < 4.78 is 84.2. The number of hydrogen-bond acceptors (Lipinski definition) is 7. The molecule has 1 amide bonds. The Morgan fingerprint density at radius 2 is 1.56 bits per heavy atom.